The Morgan fingerprint density at radius 1 is 0.885 bits per heavy atom. The first-order valence-corrected chi connectivity index (χ1v) is 16.9. The molecule has 1 saturated heterocycles. The Balaban J connectivity index is 1.23. The first kappa shape index (κ1) is 34.1. The third kappa shape index (κ3) is 6.60. The molecule has 0 aliphatic carbocycles. The molecular formula is C35H38N12O5. The van der Waals surface area contributed by atoms with Crippen LogP contribution in [0.15, 0.2) is 54.7 Å². The number of rotatable bonds is 13. The second-order valence-corrected chi connectivity index (χ2v) is 12.3. The second kappa shape index (κ2) is 14.1. The highest BCUT2D eigenvalue weighted by atomic mass is 16.6. The molecule has 7 rings (SSSR count). The molecular weight excluding hydrogens is 668 g/mol. The van der Waals surface area contributed by atoms with Crippen molar-refractivity contribution in [3.05, 3.63) is 83.1 Å². The molecule has 0 radical (unpaired) electrons. The third-order valence-electron chi connectivity index (χ3n) is 8.56. The fraction of sp³-hybridized carbons (Fsp3) is 0.314. The maximum atomic E-state index is 13.6. The van der Waals surface area contributed by atoms with Crippen LogP contribution in [0.3, 0.4) is 0 Å². The van der Waals surface area contributed by atoms with Gasteiger partial charge in [0.15, 0.2) is 5.65 Å². The molecule has 0 spiro atoms. The number of hydrogen-bond donors (Lipinski definition) is 3. The minimum absolute atomic E-state index is 0.215. The van der Waals surface area contributed by atoms with Crippen LogP contribution < -0.4 is 21.1 Å². The van der Waals surface area contributed by atoms with E-state index in [-0.39, 0.29) is 30.1 Å². The van der Waals surface area contributed by atoms with Crippen LogP contribution >= 0.6 is 0 Å². The quantitative estimate of drug-likeness (QED) is 0.149. The number of aromatic nitrogens is 9. The number of amides is 3. The number of hydrogen-bond acceptors (Lipinski definition) is 10. The molecule has 1 aliphatic heterocycles. The van der Waals surface area contributed by atoms with Crippen molar-refractivity contribution >= 4 is 51.8 Å². The molecule has 0 bridgehead atoms. The highest BCUT2D eigenvalue weighted by Crippen LogP contribution is 2.33. The lowest BCUT2D eigenvalue weighted by atomic mass is 10.1. The van der Waals surface area contributed by atoms with Crippen LogP contribution in [0, 0.1) is 13.8 Å². The van der Waals surface area contributed by atoms with Crippen LogP contribution in [0.2, 0.25) is 0 Å². The number of ether oxygens (including phenoxy) is 2. The fourth-order valence-electron chi connectivity index (χ4n) is 6.05. The van der Waals surface area contributed by atoms with Gasteiger partial charge in [-0.1, -0.05) is 12.2 Å². The summed E-state index contributed by atoms with van der Waals surface area (Å²) in [4.78, 5) is 53.1. The number of imidazole rings is 2. The zero-order chi connectivity index (χ0) is 36.5. The van der Waals surface area contributed by atoms with Crippen LogP contribution in [0.4, 0.5) is 11.9 Å². The largest absolute Gasteiger partial charge is 0.483 e. The van der Waals surface area contributed by atoms with Crippen LogP contribution in [-0.4, -0.2) is 80.7 Å². The predicted octanol–water partition coefficient (Wildman–Crippen LogP) is 3.47. The molecule has 1 aromatic carbocycles. The number of carbonyl (C=O) groups is 3. The molecule has 1 aliphatic rings. The highest BCUT2D eigenvalue weighted by molar-refractivity contribution is 6.04. The highest BCUT2D eigenvalue weighted by Gasteiger charge is 2.26. The van der Waals surface area contributed by atoms with E-state index in [1.165, 1.54) is 0 Å². The summed E-state index contributed by atoms with van der Waals surface area (Å²) in [5.41, 5.74) is 10.3. The number of aryl methyl sites for hydroxylation is 4. The predicted molar refractivity (Wildman–Crippen MR) is 191 cm³/mol. The molecule has 5 aromatic heterocycles. The van der Waals surface area contributed by atoms with Crippen molar-refractivity contribution in [1.82, 2.24) is 43.6 Å². The summed E-state index contributed by atoms with van der Waals surface area (Å²) in [6.07, 6.45) is 5.24. The summed E-state index contributed by atoms with van der Waals surface area (Å²) in [5, 5.41) is 14.7. The standard InChI is InChI=1S/C35H38N12O5/c1-5-46-26(14-20(3)42-46)32(49)40-34-39-25-16-22(30(36)48)17-28(52-23-18-51-19-23)29(25)44(34)12-7-8-13-45-31-24(10-9-11-37-31)38-35(45)41-33(50)27-15-21(4)43-47(27)6-2/h7-11,14-17,23H,5-6,12-13,18-19H2,1-4H3,(H2,36,48)(H,38,41,50)(H,39,40,49)/b8-7+. The monoisotopic (exact) mass is 706 g/mol. The smallest absolute Gasteiger partial charge is 0.276 e. The van der Waals surface area contributed by atoms with Gasteiger partial charge in [-0.2, -0.15) is 10.2 Å². The van der Waals surface area contributed by atoms with Crippen LogP contribution in [-0.2, 0) is 30.9 Å². The molecule has 17 heteroatoms. The summed E-state index contributed by atoms with van der Waals surface area (Å²) in [7, 11) is 0. The van der Waals surface area contributed by atoms with Gasteiger partial charge in [0, 0.05) is 37.9 Å². The van der Waals surface area contributed by atoms with E-state index >= 15 is 0 Å². The Labute approximate surface area is 297 Å². The molecule has 0 saturated carbocycles. The zero-order valence-electron chi connectivity index (χ0n) is 29.2. The average molecular weight is 707 g/mol. The summed E-state index contributed by atoms with van der Waals surface area (Å²) in [6.45, 7) is 9.84. The summed E-state index contributed by atoms with van der Waals surface area (Å²) in [6, 6.07) is 10.2. The van der Waals surface area contributed by atoms with Crippen molar-refractivity contribution in [1.29, 1.82) is 0 Å². The van der Waals surface area contributed by atoms with Gasteiger partial charge in [-0.05, 0) is 64.1 Å². The lowest BCUT2D eigenvalue weighted by Gasteiger charge is -2.27. The Hall–Kier alpha value is -6.36. The Kier molecular flexibility index (Phi) is 9.25. The van der Waals surface area contributed by atoms with Gasteiger partial charge in [-0.25, -0.2) is 15.0 Å². The SMILES string of the molecule is CCn1nc(C)cc1C(=O)Nc1nc2cccnc2n1C/C=C/Cn1c(NC(=O)c2cc(C)nn2CC)nc2cc(C(N)=O)cc(OC3COC3)c21. The fourth-order valence-corrected chi connectivity index (χ4v) is 6.05. The number of benzene rings is 1. The Morgan fingerprint density at radius 2 is 1.48 bits per heavy atom. The van der Waals surface area contributed by atoms with E-state index in [0.717, 1.165) is 5.69 Å². The molecule has 6 heterocycles. The summed E-state index contributed by atoms with van der Waals surface area (Å²) >= 11 is 0. The van der Waals surface area contributed by atoms with E-state index < -0.39 is 11.8 Å². The average Bonchev–Trinajstić information content (AvgIpc) is 3.87. The third-order valence-corrected chi connectivity index (χ3v) is 8.56. The number of nitrogens with two attached hydrogens (primary N) is 1. The van der Waals surface area contributed by atoms with E-state index in [4.69, 9.17) is 20.2 Å². The Bertz CT molecular complexity index is 2360. The maximum Gasteiger partial charge on any atom is 0.276 e. The van der Waals surface area contributed by atoms with Gasteiger partial charge in [-0.15, -0.1) is 0 Å². The number of anilines is 2. The minimum Gasteiger partial charge on any atom is -0.483 e. The number of carbonyl (C=O) groups excluding carboxylic acids is 3. The summed E-state index contributed by atoms with van der Waals surface area (Å²) < 4.78 is 18.4. The second-order valence-electron chi connectivity index (χ2n) is 12.3. The van der Waals surface area contributed by atoms with E-state index in [1.54, 1.807) is 55.0 Å². The number of nitrogens with zero attached hydrogens (tertiary/aromatic N) is 9. The number of fused-ring (bicyclic) bond motifs is 2. The minimum atomic E-state index is -0.641. The zero-order valence-corrected chi connectivity index (χ0v) is 29.2. The molecule has 0 atom stereocenters. The molecule has 4 N–H and O–H groups in total. The maximum absolute atomic E-state index is 13.6. The van der Waals surface area contributed by atoms with E-state index in [0.29, 0.717) is 83.8 Å². The molecule has 1 fully saturated rings. The van der Waals surface area contributed by atoms with E-state index in [1.807, 2.05) is 45.9 Å². The van der Waals surface area contributed by atoms with Gasteiger partial charge >= 0.3 is 0 Å². The normalized spacial score (nSPS) is 13.2. The number of allylic oxidation sites excluding steroid dienone is 2. The van der Waals surface area contributed by atoms with Gasteiger partial charge in [0.05, 0.1) is 30.1 Å². The Morgan fingerprint density at radius 3 is 2.06 bits per heavy atom. The topological polar surface area (TPSA) is 204 Å². The van der Waals surface area contributed by atoms with Crippen LogP contribution in [0.5, 0.6) is 5.75 Å². The molecule has 6 aromatic rings. The lowest BCUT2D eigenvalue weighted by molar-refractivity contribution is -0.0792. The van der Waals surface area contributed by atoms with Crippen LogP contribution in [0.25, 0.3) is 22.2 Å². The van der Waals surface area contributed by atoms with Crippen molar-refractivity contribution in [2.75, 3.05) is 23.8 Å². The van der Waals surface area contributed by atoms with E-state index in [2.05, 4.69) is 30.8 Å². The first-order valence-electron chi connectivity index (χ1n) is 16.9. The van der Waals surface area contributed by atoms with Crippen molar-refractivity contribution < 1.29 is 23.9 Å². The number of pyridine rings is 1. The number of primary amides is 1. The van der Waals surface area contributed by atoms with E-state index in [9.17, 15) is 14.4 Å². The van der Waals surface area contributed by atoms with Gasteiger partial charge in [0.25, 0.3) is 11.8 Å². The van der Waals surface area contributed by atoms with Crippen molar-refractivity contribution in [2.24, 2.45) is 5.73 Å². The van der Waals surface area contributed by atoms with Crippen molar-refractivity contribution in [2.45, 2.75) is 60.0 Å². The summed E-state index contributed by atoms with van der Waals surface area (Å²) in [5.74, 6) is -0.445. The molecule has 3 amide bonds. The van der Waals surface area contributed by atoms with Crippen molar-refractivity contribution in [3.63, 3.8) is 0 Å². The van der Waals surface area contributed by atoms with Gasteiger partial charge < -0.3 is 19.8 Å². The first-order chi connectivity index (χ1) is 25.1. The van der Waals surface area contributed by atoms with Gasteiger partial charge in [0.1, 0.15) is 34.3 Å². The molecule has 17 nitrogen and oxygen atoms in total. The van der Waals surface area contributed by atoms with Gasteiger partial charge in [0.2, 0.25) is 17.8 Å². The molecule has 268 valence electrons. The van der Waals surface area contributed by atoms with Crippen molar-refractivity contribution in [3.8, 4) is 5.75 Å². The molecule has 52 heavy (non-hydrogen) atoms. The number of nitrogens with one attached hydrogen (secondary N) is 2. The molecule has 0 unspecified atom stereocenters. The van der Waals surface area contributed by atoms with Crippen LogP contribution in [0.1, 0.15) is 56.6 Å². The van der Waals surface area contributed by atoms with Gasteiger partial charge in [-0.3, -0.25) is 38.9 Å². The lowest BCUT2D eigenvalue weighted by Crippen LogP contribution is -2.38.